The van der Waals surface area contributed by atoms with E-state index in [0.29, 0.717) is 40.9 Å². The lowest BCUT2D eigenvalue weighted by molar-refractivity contribution is -0.142. The van der Waals surface area contributed by atoms with E-state index in [1.807, 2.05) is 18.2 Å². The summed E-state index contributed by atoms with van der Waals surface area (Å²) in [6, 6.07) is -1.78. The Morgan fingerprint density at radius 3 is 2.20 bits per heavy atom. The molecule has 7 amide bonds. The highest BCUT2D eigenvalue weighted by Gasteiger charge is 2.43. The molecule has 0 aliphatic carbocycles. The van der Waals surface area contributed by atoms with Crippen LogP contribution >= 0.6 is 11.8 Å². The van der Waals surface area contributed by atoms with Gasteiger partial charge in [-0.3, -0.25) is 33.6 Å². The fraction of sp³-hybridized carbons (Fsp3) is 0.571. The number of aliphatic hydroxyl groups is 2. The van der Waals surface area contributed by atoms with Crippen molar-refractivity contribution < 1.29 is 43.8 Å². The average Bonchev–Trinajstić information content (AvgIpc) is 3.69. The van der Waals surface area contributed by atoms with Gasteiger partial charge in [-0.05, 0) is 58.2 Å². The van der Waals surface area contributed by atoms with Gasteiger partial charge in [0.2, 0.25) is 41.4 Å². The minimum Gasteiger partial charge on any atom is -0.391 e. The smallest absolute Gasteiger partial charge is 0.246 e. The van der Waals surface area contributed by atoms with Crippen LogP contribution in [0.3, 0.4) is 0 Å². The maximum atomic E-state index is 14.3. The number of nitrogens with two attached hydrogens (primary N) is 1. The number of thioether (sulfide) groups is 1. The van der Waals surface area contributed by atoms with E-state index in [-0.39, 0.29) is 31.6 Å². The minimum atomic E-state index is -1.57. The number of aliphatic hydroxyl groups excluding tert-OH is 2. The maximum absolute atomic E-state index is 14.3. The Bertz CT molecular complexity index is 1770. The molecule has 4 heterocycles. The van der Waals surface area contributed by atoms with Crippen molar-refractivity contribution in [1.29, 1.82) is 0 Å². The van der Waals surface area contributed by atoms with Crippen LogP contribution in [0.15, 0.2) is 29.3 Å². The van der Waals surface area contributed by atoms with Gasteiger partial charge in [-0.25, -0.2) is 0 Å². The molecule has 294 valence electrons. The van der Waals surface area contributed by atoms with Gasteiger partial charge < -0.3 is 57.7 Å². The van der Waals surface area contributed by atoms with E-state index in [9.17, 15) is 43.8 Å². The molecule has 0 radical (unpaired) electrons. The third kappa shape index (κ3) is 9.31. The van der Waals surface area contributed by atoms with Gasteiger partial charge in [0, 0.05) is 36.0 Å². The molecule has 0 saturated carbocycles. The molecule has 3 aliphatic rings. The number of aromatic nitrogens is 1. The molecule has 2 aromatic rings. The first kappa shape index (κ1) is 40.5. The lowest BCUT2D eigenvalue weighted by Crippen LogP contribution is -2.61. The fourth-order valence-electron chi connectivity index (χ4n) is 6.79. The van der Waals surface area contributed by atoms with Gasteiger partial charge in [0.25, 0.3) is 0 Å². The number of fused-ring (bicyclic) bond motifs is 5. The molecule has 11 N–H and O–H groups in total. The zero-order valence-electron chi connectivity index (χ0n) is 30.3. The molecule has 19 heteroatoms. The number of rotatable bonds is 5. The molecule has 1 aromatic carbocycles. The fourth-order valence-corrected chi connectivity index (χ4v) is 7.90. The summed E-state index contributed by atoms with van der Waals surface area (Å²) in [5.41, 5.74) is 6.98. The van der Waals surface area contributed by atoms with Crippen molar-refractivity contribution in [2.24, 2.45) is 5.73 Å². The van der Waals surface area contributed by atoms with Gasteiger partial charge >= 0.3 is 0 Å². The average molecular weight is 772 g/mol. The molecule has 0 spiro atoms. The van der Waals surface area contributed by atoms with Crippen LogP contribution in [-0.4, -0.2) is 135 Å². The number of para-hydroxylation sites is 1. The van der Waals surface area contributed by atoms with Gasteiger partial charge in [0.15, 0.2) is 0 Å². The lowest BCUT2D eigenvalue weighted by atomic mass is 10.0. The van der Waals surface area contributed by atoms with E-state index in [2.05, 4.69) is 36.9 Å². The molecule has 1 aromatic heterocycles. The molecule has 54 heavy (non-hydrogen) atoms. The predicted molar refractivity (Wildman–Crippen MR) is 196 cm³/mol. The number of aromatic amines is 1. The molecular weight excluding hydrogens is 723 g/mol. The molecule has 2 bridgehead atoms. The van der Waals surface area contributed by atoms with E-state index in [1.165, 1.54) is 20.8 Å². The highest BCUT2D eigenvalue weighted by atomic mass is 32.2. The number of amides is 7. The number of hydrogen-bond donors (Lipinski definition) is 10. The summed E-state index contributed by atoms with van der Waals surface area (Å²) in [6.45, 7) is 4.14. The predicted octanol–water partition coefficient (Wildman–Crippen LogP) is -2.75. The van der Waals surface area contributed by atoms with Crippen molar-refractivity contribution in [3.05, 3.63) is 29.8 Å². The monoisotopic (exact) mass is 771 g/mol. The SMILES string of the molecule is C[C@@H]1NC(=O)[C@H](CCCCN)NC(=O)[C@@H]2Cc3c([nH]c4ccccc34)SC[C@H](NC(=O)[C@@H]([C@H](C)O)NC1=O)C(=O)N1C[C@@H](O)C[C@H]1C(=O)N[C@@H](C)C(=O)N2. The number of nitrogens with one attached hydrogen (secondary N) is 7. The number of nitrogens with zero attached hydrogens (tertiary/aromatic N) is 1. The van der Waals surface area contributed by atoms with Crippen molar-refractivity contribution >= 4 is 64.0 Å². The molecule has 18 nitrogen and oxygen atoms in total. The summed E-state index contributed by atoms with van der Waals surface area (Å²) in [5.74, 6) is -5.48. The third-order valence-corrected chi connectivity index (χ3v) is 11.0. The number of carbonyl (C=O) groups is 7. The Labute approximate surface area is 315 Å². The second-order valence-electron chi connectivity index (χ2n) is 14.0. The van der Waals surface area contributed by atoms with Crippen molar-refractivity contribution in [1.82, 2.24) is 41.8 Å². The Morgan fingerprint density at radius 1 is 0.833 bits per heavy atom. The van der Waals surface area contributed by atoms with Gasteiger partial charge in [-0.15, -0.1) is 11.8 Å². The Morgan fingerprint density at radius 2 is 1.50 bits per heavy atom. The van der Waals surface area contributed by atoms with Crippen LogP contribution in [0.2, 0.25) is 0 Å². The van der Waals surface area contributed by atoms with Gasteiger partial charge in [0.05, 0.1) is 17.2 Å². The summed E-state index contributed by atoms with van der Waals surface area (Å²) in [7, 11) is 0. The van der Waals surface area contributed by atoms with Crippen molar-refractivity contribution in [2.75, 3.05) is 18.8 Å². The van der Waals surface area contributed by atoms with Crippen LogP contribution in [0.5, 0.6) is 0 Å². The van der Waals surface area contributed by atoms with Gasteiger partial charge in [-0.1, -0.05) is 18.2 Å². The number of unbranched alkanes of at least 4 members (excludes halogenated alkanes) is 1. The zero-order chi connectivity index (χ0) is 39.3. The van der Waals surface area contributed by atoms with Crippen LogP contribution in [0.25, 0.3) is 10.9 Å². The highest BCUT2D eigenvalue weighted by molar-refractivity contribution is 7.99. The van der Waals surface area contributed by atoms with E-state index in [4.69, 9.17) is 5.73 Å². The summed E-state index contributed by atoms with van der Waals surface area (Å²) < 4.78 is 0. The second kappa shape index (κ2) is 17.6. The van der Waals surface area contributed by atoms with Gasteiger partial charge in [0.1, 0.15) is 42.3 Å². The third-order valence-electron chi connectivity index (χ3n) is 9.84. The largest absolute Gasteiger partial charge is 0.391 e. The summed E-state index contributed by atoms with van der Waals surface area (Å²) in [4.78, 5) is 101. The van der Waals surface area contributed by atoms with Crippen molar-refractivity contribution in [2.45, 2.75) is 112 Å². The van der Waals surface area contributed by atoms with Gasteiger partial charge in [-0.2, -0.15) is 0 Å². The molecule has 1 fully saturated rings. The standard InChI is InChI=1S/C35H49N9O9S/c1-16-28(47)40-24-13-21-20-8-4-5-9-22(20)42-34(21)54-15-25(35(53)44-14-19(46)12-26(44)32(51)38-16)41-33(52)27(18(3)45)43-29(48)17(2)37-30(49)23(39-31(24)50)10-6-7-11-36/h4-5,8-9,16-19,23-27,42,45-46H,6-7,10-15,36H2,1-3H3,(H,37,49)(H,38,51)(H,39,50)(H,40,47)(H,41,52)(H,43,48)/t16-,17-,18-,19-,23-,24-,25-,26-,27+/m0/s1. The first-order chi connectivity index (χ1) is 25.7. The van der Waals surface area contributed by atoms with E-state index < -0.39 is 95.9 Å². The first-order valence-electron chi connectivity index (χ1n) is 18.1. The molecule has 3 aliphatic heterocycles. The van der Waals surface area contributed by atoms with Crippen molar-refractivity contribution in [3.8, 4) is 0 Å². The summed E-state index contributed by atoms with van der Waals surface area (Å²) >= 11 is 1.14. The number of carbonyl (C=O) groups excluding carboxylic acids is 7. The lowest BCUT2D eigenvalue weighted by Gasteiger charge is -2.30. The van der Waals surface area contributed by atoms with Crippen LogP contribution in [0, 0.1) is 0 Å². The molecule has 9 atom stereocenters. The normalized spacial score (nSPS) is 29.9. The van der Waals surface area contributed by atoms with Crippen LogP contribution in [0.4, 0.5) is 0 Å². The van der Waals surface area contributed by atoms with E-state index in [1.54, 1.807) is 6.07 Å². The number of H-pyrrole nitrogens is 1. The highest BCUT2D eigenvalue weighted by Crippen LogP contribution is 2.32. The Balaban J connectivity index is 1.66. The van der Waals surface area contributed by atoms with Crippen LogP contribution < -0.4 is 37.6 Å². The van der Waals surface area contributed by atoms with Crippen molar-refractivity contribution in [3.63, 3.8) is 0 Å². The Hall–Kier alpha value is -4.72. The van der Waals surface area contributed by atoms with Crippen LogP contribution in [-0.2, 0) is 40.0 Å². The summed E-state index contributed by atoms with van der Waals surface area (Å²) in [5, 5.41) is 38.2. The molecule has 1 saturated heterocycles. The number of hydrogen-bond acceptors (Lipinski definition) is 11. The number of benzene rings is 1. The molecule has 0 unspecified atom stereocenters. The van der Waals surface area contributed by atoms with E-state index in [0.717, 1.165) is 16.7 Å². The quantitative estimate of drug-likeness (QED) is 0.139. The Kier molecular flexibility index (Phi) is 13.2. The zero-order valence-corrected chi connectivity index (χ0v) is 31.2. The topological polar surface area (TPSA) is 277 Å². The minimum absolute atomic E-state index is 0.0868. The molecular formula is C35H49N9O9S. The second-order valence-corrected chi connectivity index (χ2v) is 15.1. The maximum Gasteiger partial charge on any atom is 0.246 e. The molecule has 5 rings (SSSR count). The summed E-state index contributed by atoms with van der Waals surface area (Å²) in [6.07, 6.45) is -1.66. The first-order valence-corrected chi connectivity index (χ1v) is 19.1. The van der Waals surface area contributed by atoms with E-state index >= 15 is 0 Å². The van der Waals surface area contributed by atoms with Crippen LogP contribution in [0.1, 0.15) is 52.0 Å².